The zero-order valence-corrected chi connectivity index (χ0v) is 9.92. The Morgan fingerprint density at radius 2 is 2.06 bits per heavy atom. The maximum Gasteiger partial charge on any atom is 0.416 e. The summed E-state index contributed by atoms with van der Waals surface area (Å²) in [6.07, 6.45) is -2.47. The quantitative estimate of drug-likeness (QED) is 0.770. The largest absolute Gasteiger partial charge is 0.488 e. The molecule has 0 spiro atoms. The minimum absolute atomic E-state index is 0.0281. The first-order valence-electron chi connectivity index (χ1n) is 6.09. The molecular weight excluding hydrogens is 243 g/mol. The van der Waals surface area contributed by atoms with Gasteiger partial charge in [-0.05, 0) is 31.9 Å². The Kier molecular flexibility index (Phi) is 2.55. The fraction of sp³-hybridized carbons (Fsp3) is 0.538. The van der Waals surface area contributed by atoms with Crippen LogP contribution >= 0.6 is 0 Å². The van der Waals surface area contributed by atoms with E-state index < -0.39 is 11.7 Å². The Labute approximate surface area is 103 Å². The lowest BCUT2D eigenvalue weighted by atomic mass is 9.93. The van der Waals surface area contributed by atoms with Crippen molar-refractivity contribution in [3.05, 3.63) is 29.3 Å². The standard InChI is InChI=1S/C13H14F3NO/c1-7-2-5-10-12(17-7)9-4-3-8(13(14,15)16)6-11(9)18-10/h3-4,6-7,10,12,17H,2,5H2,1H3/t7-,10?,12+/m1/s1. The molecule has 1 aromatic rings. The molecule has 3 atom stereocenters. The van der Waals surface area contributed by atoms with Gasteiger partial charge in [-0.3, -0.25) is 0 Å². The lowest BCUT2D eigenvalue weighted by Gasteiger charge is -2.30. The minimum Gasteiger partial charge on any atom is -0.488 e. The highest BCUT2D eigenvalue weighted by atomic mass is 19.4. The molecule has 98 valence electrons. The van der Waals surface area contributed by atoms with Crippen molar-refractivity contribution in [3.8, 4) is 5.75 Å². The number of halogens is 3. The Morgan fingerprint density at radius 3 is 2.78 bits per heavy atom. The molecule has 0 aromatic heterocycles. The number of piperidine rings is 1. The maximum atomic E-state index is 12.6. The van der Waals surface area contributed by atoms with Gasteiger partial charge in [-0.1, -0.05) is 6.07 Å². The number of hydrogen-bond donors (Lipinski definition) is 1. The first-order chi connectivity index (χ1) is 8.45. The summed E-state index contributed by atoms with van der Waals surface area (Å²) in [5.41, 5.74) is 0.201. The van der Waals surface area contributed by atoms with E-state index in [2.05, 4.69) is 12.2 Å². The van der Waals surface area contributed by atoms with E-state index in [1.807, 2.05) is 0 Å². The maximum absolute atomic E-state index is 12.6. The van der Waals surface area contributed by atoms with E-state index in [0.717, 1.165) is 30.5 Å². The van der Waals surface area contributed by atoms with Crippen LogP contribution in [0.4, 0.5) is 13.2 Å². The lowest BCUT2D eigenvalue weighted by molar-refractivity contribution is -0.137. The Balaban J connectivity index is 1.94. The number of alkyl halides is 3. The first-order valence-corrected chi connectivity index (χ1v) is 6.09. The van der Waals surface area contributed by atoms with Crippen LogP contribution in [0.1, 0.15) is 36.9 Å². The molecular formula is C13H14F3NO. The lowest BCUT2D eigenvalue weighted by Crippen LogP contribution is -2.42. The van der Waals surface area contributed by atoms with Gasteiger partial charge < -0.3 is 10.1 Å². The molecule has 18 heavy (non-hydrogen) atoms. The molecule has 2 heterocycles. The average Bonchev–Trinajstić information content (AvgIpc) is 2.65. The van der Waals surface area contributed by atoms with Gasteiger partial charge in [0.2, 0.25) is 0 Å². The minimum atomic E-state index is -4.31. The van der Waals surface area contributed by atoms with Crippen molar-refractivity contribution in [2.45, 2.75) is 44.1 Å². The number of fused-ring (bicyclic) bond motifs is 3. The van der Waals surface area contributed by atoms with Gasteiger partial charge in [-0.25, -0.2) is 0 Å². The number of benzene rings is 1. The van der Waals surface area contributed by atoms with E-state index in [4.69, 9.17) is 4.74 Å². The van der Waals surface area contributed by atoms with Crippen molar-refractivity contribution in [2.24, 2.45) is 0 Å². The Bertz CT molecular complexity index is 472. The molecule has 3 rings (SSSR count). The molecule has 1 saturated heterocycles. The van der Waals surface area contributed by atoms with E-state index in [0.29, 0.717) is 11.8 Å². The van der Waals surface area contributed by atoms with E-state index in [-0.39, 0.29) is 12.1 Å². The van der Waals surface area contributed by atoms with Gasteiger partial charge >= 0.3 is 6.18 Å². The molecule has 2 aliphatic heterocycles. The fourth-order valence-electron chi connectivity index (χ4n) is 2.73. The molecule has 0 aliphatic carbocycles. The Hall–Kier alpha value is -1.23. The second-order valence-electron chi connectivity index (χ2n) is 5.03. The molecule has 1 aromatic carbocycles. The monoisotopic (exact) mass is 257 g/mol. The van der Waals surface area contributed by atoms with Gasteiger partial charge in [0.05, 0.1) is 11.6 Å². The SMILES string of the molecule is C[C@@H]1CCC2Oc3cc(C(F)(F)F)ccc3[C@@H]2N1. The molecule has 1 unspecified atom stereocenters. The molecule has 5 heteroatoms. The first kappa shape index (κ1) is 11.8. The van der Waals surface area contributed by atoms with E-state index >= 15 is 0 Å². The Morgan fingerprint density at radius 1 is 1.28 bits per heavy atom. The number of rotatable bonds is 0. The topological polar surface area (TPSA) is 21.3 Å². The van der Waals surface area contributed by atoms with E-state index in [1.54, 1.807) is 0 Å². The number of ether oxygens (including phenoxy) is 1. The summed E-state index contributed by atoms with van der Waals surface area (Å²) in [7, 11) is 0. The van der Waals surface area contributed by atoms with Crippen molar-refractivity contribution in [1.82, 2.24) is 5.32 Å². The van der Waals surface area contributed by atoms with E-state index in [1.165, 1.54) is 6.07 Å². The van der Waals surface area contributed by atoms with Gasteiger partial charge in [0.1, 0.15) is 11.9 Å². The van der Waals surface area contributed by atoms with E-state index in [9.17, 15) is 13.2 Å². The molecule has 0 saturated carbocycles. The molecule has 0 radical (unpaired) electrons. The van der Waals surface area contributed by atoms with Crippen LogP contribution in [0, 0.1) is 0 Å². The van der Waals surface area contributed by atoms with Gasteiger partial charge in [-0.15, -0.1) is 0 Å². The van der Waals surface area contributed by atoms with Crippen molar-refractivity contribution in [3.63, 3.8) is 0 Å². The highest BCUT2D eigenvalue weighted by Gasteiger charge is 2.40. The highest BCUT2D eigenvalue weighted by molar-refractivity contribution is 5.44. The van der Waals surface area contributed by atoms with Crippen LogP contribution in [0.3, 0.4) is 0 Å². The predicted octanol–water partition coefficient (Wildman–Crippen LogP) is 3.28. The van der Waals surface area contributed by atoms with Crippen LogP contribution in [-0.2, 0) is 6.18 Å². The van der Waals surface area contributed by atoms with Crippen LogP contribution in [0.2, 0.25) is 0 Å². The summed E-state index contributed by atoms with van der Waals surface area (Å²) in [5.74, 6) is 0.376. The summed E-state index contributed by atoms with van der Waals surface area (Å²) in [5, 5.41) is 3.39. The van der Waals surface area contributed by atoms with Gasteiger partial charge in [0, 0.05) is 11.6 Å². The van der Waals surface area contributed by atoms with Crippen LogP contribution in [0.15, 0.2) is 18.2 Å². The average molecular weight is 257 g/mol. The molecule has 2 aliphatic rings. The summed E-state index contributed by atoms with van der Waals surface area (Å²) in [6, 6.07) is 4.19. The van der Waals surface area contributed by atoms with Gasteiger partial charge in [0.25, 0.3) is 0 Å². The number of hydrogen-bond acceptors (Lipinski definition) is 2. The van der Waals surface area contributed by atoms with Crippen LogP contribution in [0.25, 0.3) is 0 Å². The zero-order chi connectivity index (χ0) is 12.9. The predicted molar refractivity (Wildman–Crippen MR) is 60.4 cm³/mol. The van der Waals surface area contributed by atoms with Crippen LogP contribution in [-0.4, -0.2) is 12.1 Å². The highest BCUT2D eigenvalue weighted by Crippen LogP contribution is 2.43. The smallest absolute Gasteiger partial charge is 0.416 e. The fourth-order valence-corrected chi connectivity index (χ4v) is 2.73. The summed E-state index contributed by atoms with van der Waals surface area (Å²) in [4.78, 5) is 0. The third-order valence-electron chi connectivity index (χ3n) is 3.67. The second-order valence-corrected chi connectivity index (χ2v) is 5.03. The molecule has 1 N–H and O–H groups in total. The normalized spacial score (nSPS) is 30.6. The summed E-state index contributed by atoms with van der Waals surface area (Å²) in [6.45, 7) is 2.08. The summed E-state index contributed by atoms with van der Waals surface area (Å²) < 4.78 is 43.5. The molecule has 0 amide bonds. The molecule has 0 bridgehead atoms. The summed E-state index contributed by atoms with van der Waals surface area (Å²) >= 11 is 0. The number of nitrogens with one attached hydrogen (secondary N) is 1. The molecule has 1 fully saturated rings. The molecule has 2 nitrogen and oxygen atoms in total. The zero-order valence-electron chi connectivity index (χ0n) is 9.92. The van der Waals surface area contributed by atoms with Gasteiger partial charge in [-0.2, -0.15) is 13.2 Å². The van der Waals surface area contributed by atoms with Crippen LogP contribution in [0.5, 0.6) is 5.75 Å². The third-order valence-corrected chi connectivity index (χ3v) is 3.67. The second kappa shape index (κ2) is 3.88. The van der Waals surface area contributed by atoms with Gasteiger partial charge in [0.15, 0.2) is 0 Å². The van der Waals surface area contributed by atoms with Crippen LogP contribution < -0.4 is 10.1 Å². The van der Waals surface area contributed by atoms with Crippen molar-refractivity contribution < 1.29 is 17.9 Å². The third kappa shape index (κ3) is 1.86. The van der Waals surface area contributed by atoms with Crippen molar-refractivity contribution in [1.29, 1.82) is 0 Å². The van der Waals surface area contributed by atoms with Crippen molar-refractivity contribution in [2.75, 3.05) is 0 Å². The van der Waals surface area contributed by atoms with Crippen molar-refractivity contribution >= 4 is 0 Å².